The van der Waals surface area contributed by atoms with E-state index >= 15 is 0 Å². The fourth-order valence-electron chi connectivity index (χ4n) is 1.85. The molecule has 0 spiro atoms. The number of fused-ring (bicyclic) bond motifs is 1. The van der Waals surface area contributed by atoms with E-state index in [9.17, 15) is 9.59 Å². The molecule has 4 heteroatoms. The topological polar surface area (TPSA) is 66.4 Å². The van der Waals surface area contributed by atoms with Crippen LogP contribution in [0.15, 0.2) is 36.4 Å². The molecule has 0 aliphatic carbocycles. The van der Waals surface area contributed by atoms with Crippen molar-refractivity contribution in [2.24, 2.45) is 0 Å². The van der Waals surface area contributed by atoms with Crippen molar-refractivity contribution < 1.29 is 14.7 Å². The van der Waals surface area contributed by atoms with Crippen LogP contribution in [0, 0.1) is 0 Å². The summed E-state index contributed by atoms with van der Waals surface area (Å²) < 4.78 is 0. The molecule has 0 aromatic heterocycles. The molecule has 2 rings (SSSR count). The smallest absolute Gasteiger partial charge is 0.328 e. The maximum absolute atomic E-state index is 11.2. The zero-order valence-electron chi connectivity index (χ0n) is 9.93. The number of benzene rings is 1. The van der Waals surface area contributed by atoms with Gasteiger partial charge < -0.3 is 10.4 Å². The molecule has 0 saturated heterocycles. The molecule has 1 aromatic carbocycles. The number of rotatable bonds is 3. The van der Waals surface area contributed by atoms with Crippen LogP contribution in [0.25, 0.3) is 5.57 Å². The third-order valence-corrected chi connectivity index (χ3v) is 2.77. The third kappa shape index (κ3) is 2.66. The lowest BCUT2D eigenvalue weighted by atomic mass is 10.0. The number of aliphatic carboxylic acids is 1. The average Bonchev–Trinajstić information content (AvgIpc) is 2.67. The number of carbonyl (C=O) groups is 2. The molecule has 0 fully saturated rings. The van der Waals surface area contributed by atoms with Gasteiger partial charge in [0.05, 0.1) is 6.42 Å². The lowest BCUT2D eigenvalue weighted by molar-refractivity contribution is -0.131. The van der Waals surface area contributed by atoms with E-state index < -0.39 is 5.97 Å². The van der Waals surface area contributed by atoms with Gasteiger partial charge in [0.25, 0.3) is 0 Å². The SMILES string of the molecule is C/C(=C\C=C\C(=O)O)c1ccc2c(c1)CC(=O)N2. The van der Waals surface area contributed by atoms with Crippen molar-refractivity contribution in [2.75, 3.05) is 5.32 Å². The molecule has 4 nitrogen and oxygen atoms in total. The second kappa shape index (κ2) is 4.87. The highest BCUT2D eigenvalue weighted by Crippen LogP contribution is 2.26. The minimum absolute atomic E-state index is 0.00885. The van der Waals surface area contributed by atoms with Crippen LogP contribution >= 0.6 is 0 Å². The largest absolute Gasteiger partial charge is 0.478 e. The second-order valence-corrected chi connectivity index (χ2v) is 4.14. The van der Waals surface area contributed by atoms with Crippen LogP contribution in [0.1, 0.15) is 18.1 Å². The minimum Gasteiger partial charge on any atom is -0.478 e. The zero-order valence-corrected chi connectivity index (χ0v) is 9.93. The Bertz CT molecular complexity index is 570. The van der Waals surface area contributed by atoms with Crippen molar-refractivity contribution in [2.45, 2.75) is 13.3 Å². The van der Waals surface area contributed by atoms with E-state index in [2.05, 4.69) is 5.32 Å². The molecular formula is C14H13NO3. The van der Waals surface area contributed by atoms with Gasteiger partial charge in [0, 0.05) is 11.8 Å². The quantitative estimate of drug-likeness (QED) is 0.632. The molecule has 0 bridgehead atoms. The highest BCUT2D eigenvalue weighted by Gasteiger charge is 2.17. The predicted octanol–water partition coefficient (Wildman–Crippen LogP) is 2.23. The highest BCUT2D eigenvalue weighted by molar-refractivity contribution is 5.99. The molecule has 0 radical (unpaired) electrons. The Labute approximate surface area is 105 Å². The van der Waals surface area contributed by atoms with Gasteiger partial charge in [0.2, 0.25) is 5.91 Å². The van der Waals surface area contributed by atoms with Crippen LogP contribution in [0.3, 0.4) is 0 Å². The van der Waals surface area contributed by atoms with Gasteiger partial charge in [-0.05, 0) is 35.8 Å². The lowest BCUT2D eigenvalue weighted by Gasteiger charge is -2.03. The third-order valence-electron chi connectivity index (χ3n) is 2.77. The number of anilines is 1. The Morgan fingerprint density at radius 1 is 1.44 bits per heavy atom. The van der Waals surface area contributed by atoms with Gasteiger partial charge in [-0.1, -0.05) is 18.2 Å². The molecule has 1 amide bonds. The molecule has 1 heterocycles. The monoisotopic (exact) mass is 243 g/mol. The highest BCUT2D eigenvalue weighted by atomic mass is 16.4. The predicted molar refractivity (Wildman–Crippen MR) is 69.2 cm³/mol. The summed E-state index contributed by atoms with van der Waals surface area (Å²) in [6.07, 6.45) is 4.72. The summed E-state index contributed by atoms with van der Waals surface area (Å²) in [6.45, 7) is 1.90. The summed E-state index contributed by atoms with van der Waals surface area (Å²) in [6, 6.07) is 5.73. The van der Waals surface area contributed by atoms with E-state index in [1.165, 1.54) is 6.08 Å². The molecule has 92 valence electrons. The van der Waals surface area contributed by atoms with Gasteiger partial charge >= 0.3 is 5.97 Å². The number of allylic oxidation sites excluding steroid dienone is 3. The first kappa shape index (κ1) is 12.1. The van der Waals surface area contributed by atoms with Crippen molar-refractivity contribution in [1.82, 2.24) is 0 Å². The summed E-state index contributed by atoms with van der Waals surface area (Å²) in [5.74, 6) is -0.961. The van der Waals surface area contributed by atoms with E-state index in [1.807, 2.05) is 25.1 Å². The normalized spacial score (nSPS) is 14.7. The van der Waals surface area contributed by atoms with Crippen LogP contribution in [-0.2, 0) is 16.0 Å². The van der Waals surface area contributed by atoms with Crippen LogP contribution in [0.4, 0.5) is 5.69 Å². The van der Waals surface area contributed by atoms with Crippen molar-refractivity contribution in [3.05, 3.63) is 47.6 Å². The zero-order chi connectivity index (χ0) is 13.1. The number of nitrogens with one attached hydrogen (secondary N) is 1. The Morgan fingerprint density at radius 2 is 2.22 bits per heavy atom. The number of hydrogen-bond donors (Lipinski definition) is 2. The fraction of sp³-hybridized carbons (Fsp3) is 0.143. The maximum Gasteiger partial charge on any atom is 0.328 e. The van der Waals surface area contributed by atoms with Gasteiger partial charge in [-0.2, -0.15) is 0 Å². The summed E-state index contributed by atoms with van der Waals surface area (Å²) in [4.78, 5) is 21.6. The maximum atomic E-state index is 11.2. The summed E-state index contributed by atoms with van der Waals surface area (Å²) in [7, 11) is 0. The molecule has 1 aliphatic heterocycles. The number of amides is 1. The van der Waals surface area contributed by atoms with Crippen LogP contribution in [0.2, 0.25) is 0 Å². The first-order valence-electron chi connectivity index (χ1n) is 5.57. The first-order valence-corrected chi connectivity index (χ1v) is 5.57. The first-order chi connectivity index (χ1) is 8.56. The molecular weight excluding hydrogens is 230 g/mol. The van der Waals surface area contributed by atoms with E-state index in [0.717, 1.165) is 28.5 Å². The number of carboxylic acids is 1. The average molecular weight is 243 g/mol. The fourth-order valence-corrected chi connectivity index (χ4v) is 1.85. The Balaban J connectivity index is 2.22. The van der Waals surface area contributed by atoms with Crippen molar-refractivity contribution in [1.29, 1.82) is 0 Å². The molecule has 0 atom stereocenters. The van der Waals surface area contributed by atoms with Gasteiger partial charge in [0.1, 0.15) is 0 Å². The summed E-state index contributed by atoms with van der Waals surface area (Å²) in [5.41, 5.74) is 3.78. The standard InChI is InChI=1S/C14H13NO3/c1-9(3-2-4-14(17)18)10-5-6-12-11(7-10)8-13(16)15-12/h2-7H,8H2,1H3,(H,15,16)(H,17,18)/b4-2+,9-3+. The minimum atomic E-state index is -0.970. The van der Waals surface area contributed by atoms with E-state index in [4.69, 9.17) is 5.11 Å². The van der Waals surface area contributed by atoms with E-state index in [1.54, 1.807) is 6.08 Å². The molecule has 1 aromatic rings. The van der Waals surface area contributed by atoms with Crippen LogP contribution in [0.5, 0.6) is 0 Å². The van der Waals surface area contributed by atoms with Gasteiger partial charge in [-0.25, -0.2) is 4.79 Å². The molecule has 1 aliphatic rings. The van der Waals surface area contributed by atoms with Crippen molar-refractivity contribution in [3.63, 3.8) is 0 Å². The van der Waals surface area contributed by atoms with Crippen LogP contribution in [-0.4, -0.2) is 17.0 Å². The van der Waals surface area contributed by atoms with Gasteiger partial charge in [-0.3, -0.25) is 4.79 Å². The van der Waals surface area contributed by atoms with E-state index in [0.29, 0.717) is 6.42 Å². The number of carboxylic acid groups (broad SMARTS) is 1. The van der Waals surface area contributed by atoms with Gasteiger partial charge in [-0.15, -0.1) is 0 Å². The lowest BCUT2D eigenvalue weighted by Crippen LogP contribution is -2.03. The molecule has 18 heavy (non-hydrogen) atoms. The van der Waals surface area contributed by atoms with E-state index in [-0.39, 0.29) is 5.91 Å². The molecule has 0 unspecified atom stereocenters. The second-order valence-electron chi connectivity index (χ2n) is 4.14. The Hall–Kier alpha value is -2.36. The van der Waals surface area contributed by atoms with Crippen molar-refractivity contribution >= 4 is 23.1 Å². The number of hydrogen-bond acceptors (Lipinski definition) is 2. The summed E-state index contributed by atoms with van der Waals surface area (Å²) >= 11 is 0. The van der Waals surface area contributed by atoms with Crippen molar-refractivity contribution in [3.8, 4) is 0 Å². The number of carbonyl (C=O) groups excluding carboxylic acids is 1. The summed E-state index contributed by atoms with van der Waals surface area (Å²) in [5, 5.41) is 11.3. The van der Waals surface area contributed by atoms with Crippen LogP contribution < -0.4 is 5.32 Å². The van der Waals surface area contributed by atoms with Gasteiger partial charge in [0.15, 0.2) is 0 Å². The Morgan fingerprint density at radius 3 is 2.94 bits per heavy atom. The molecule has 0 saturated carbocycles. The Kier molecular flexibility index (Phi) is 3.28. The molecule has 2 N–H and O–H groups in total.